The highest BCUT2D eigenvalue weighted by Gasteiger charge is 2.40. The Balaban J connectivity index is 1.47. The first-order valence-electron chi connectivity index (χ1n) is 8.60. The van der Waals surface area contributed by atoms with E-state index in [-0.39, 0.29) is 11.4 Å². The van der Waals surface area contributed by atoms with Crippen LogP contribution < -0.4 is 4.90 Å². The molecule has 0 amide bonds. The quantitative estimate of drug-likeness (QED) is 0.863. The zero-order chi connectivity index (χ0) is 16.4. The maximum absolute atomic E-state index is 13.6. The molecule has 0 N–H and O–H groups in total. The van der Waals surface area contributed by atoms with E-state index in [1.807, 2.05) is 18.4 Å². The van der Waals surface area contributed by atoms with Crippen molar-refractivity contribution in [1.29, 1.82) is 0 Å². The lowest BCUT2D eigenvalue weighted by Gasteiger charge is -2.48. The second-order valence-corrected chi connectivity index (χ2v) is 6.88. The predicted molar refractivity (Wildman–Crippen MR) is 90.5 cm³/mol. The van der Waals surface area contributed by atoms with Crippen LogP contribution in [0.2, 0.25) is 0 Å². The molecule has 0 saturated carbocycles. The number of furan rings is 1. The molecule has 2 fully saturated rings. The van der Waals surface area contributed by atoms with Gasteiger partial charge in [0.1, 0.15) is 5.82 Å². The predicted octanol–water partition coefficient (Wildman–Crippen LogP) is 3.29. The summed E-state index contributed by atoms with van der Waals surface area (Å²) in [7, 11) is 0. The van der Waals surface area contributed by atoms with E-state index in [1.54, 1.807) is 18.4 Å². The number of ether oxygens (including phenoxy) is 1. The monoisotopic (exact) mass is 330 g/mol. The van der Waals surface area contributed by atoms with Crippen molar-refractivity contribution in [3.05, 3.63) is 54.2 Å². The highest BCUT2D eigenvalue weighted by Crippen LogP contribution is 2.32. The van der Waals surface area contributed by atoms with Gasteiger partial charge in [0.05, 0.1) is 24.7 Å². The van der Waals surface area contributed by atoms with E-state index in [1.165, 1.54) is 11.6 Å². The molecule has 128 valence electrons. The van der Waals surface area contributed by atoms with E-state index in [9.17, 15) is 4.39 Å². The number of anilines is 1. The van der Waals surface area contributed by atoms with Gasteiger partial charge < -0.3 is 14.1 Å². The first kappa shape index (κ1) is 15.7. The molecule has 5 heteroatoms. The topological polar surface area (TPSA) is 28.9 Å². The van der Waals surface area contributed by atoms with Crippen LogP contribution in [0.4, 0.5) is 10.1 Å². The van der Waals surface area contributed by atoms with Gasteiger partial charge >= 0.3 is 0 Å². The van der Waals surface area contributed by atoms with Crippen LogP contribution in [0, 0.1) is 5.82 Å². The van der Waals surface area contributed by atoms with Crippen LogP contribution in [0.3, 0.4) is 0 Å². The summed E-state index contributed by atoms with van der Waals surface area (Å²) in [6, 6.07) is 8.88. The average Bonchev–Trinajstić information content (AvgIpc) is 3.08. The van der Waals surface area contributed by atoms with E-state index in [0.29, 0.717) is 0 Å². The molecule has 2 aromatic rings. The first-order chi connectivity index (χ1) is 11.7. The Kier molecular flexibility index (Phi) is 4.29. The summed E-state index contributed by atoms with van der Waals surface area (Å²) in [5.74, 6) is -0.182. The number of hydrogen-bond donors (Lipinski definition) is 0. The van der Waals surface area contributed by atoms with E-state index in [2.05, 4.69) is 9.80 Å². The fourth-order valence-corrected chi connectivity index (χ4v) is 3.94. The number of benzene rings is 1. The number of nitrogens with zero attached hydrogens (tertiary/aromatic N) is 2. The molecule has 1 aromatic heterocycles. The Labute approximate surface area is 141 Å². The zero-order valence-electron chi connectivity index (χ0n) is 13.8. The van der Waals surface area contributed by atoms with Crippen molar-refractivity contribution in [3.63, 3.8) is 0 Å². The molecule has 2 aliphatic rings. The molecular formula is C19H23FN2O2. The summed E-state index contributed by atoms with van der Waals surface area (Å²) in [5.41, 5.74) is 1.99. The Morgan fingerprint density at radius 3 is 2.96 bits per heavy atom. The van der Waals surface area contributed by atoms with Crippen molar-refractivity contribution in [1.82, 2.24) is 4.90 Å². The molecule has 0 unspecified atom stereocenters. The van der Waals surface area contributed by atoms with Crippen molar-refractivity contribution in [2.45, 2.75) is 25.0 Å². The highest BCUT2D eigenvalue weighted by atomic mass is 19.1. The minimum Gasteiger partial charge on any atom is -0.472 e. The number of halogens is 1. The lowest BCUT2D eigenvalue weighted by atomic mass is 9.90. The van der Waals surface area contributed by atoms with Crippen molar-refractivity contribution < 1.29 is 13.5 Å². The number of rotatable bonds is 3. The van der Waals surface area contributed by atoms with Crippen molar-refractivity contribution in [2.75, 3.05) is 37.7 Å². The van der Waals surface area contributed by atoms with Crippen LogP contribution in [-0.2, 0) is 11.3 Å². The van der Waals surface area contributed by atoms with Gasteiger partial charge in [0.2, 0.25) is 0 Å². The van der Waals surface area contributed by atoms with Crippen LogP contribution in [0.5, 0.6) is 0 Å². The summed E-state index contributed by atoms with van der Waals surface area (Å²) in [5, 5.41) is 0. The molecule has 1 aromatic carbocycles. The van der Waals surface area contributed by atoms with Gasteiger partial charge in [-0.1, -0.05) is 6.07 Å². The summed E-state index contributed by atoms with van der Waals surface area (Å²) >= 11 is 0. The largest absolute Gasteiger partial charge is 0.472 e. The summed E-state index contributed by atoms with van der Waals surface area (Å²) < 4.78 is 25.0. The normalized spacial score (nSPS) is 25.3. The number of morpholine rings is 1. The van der Waals surface area contributed by atoms with E-state index >= 15 is 0 Å². The van der Waals surface area contributed by atoms with Gasteiger partial charge in [-0.3, -0.25) is 4.90 Å². The van der Waals surface area contributed by atoms with Gasteiger partial charge in [-0.15, -0.1) is 0 Å². The summed E-state index contributed by atoms with van der Waals surface area (Å²) in [6.45, 7) is 5.25. The molecule has 24 heavy (non-hydrogen) atoms. The van der Waals surface area contributed by atoms with Crippen molar-refractivity contribution >= 4 is 5.69 Å². The van der Waals surface area contributed by atoms with Gasteiger partial charge in [0.15, 0.2) is 0 Å². The molecule has 0 bridgehead atoms. The minimum atomic E-state index is -0.182. The molecule has 4 rings (SSSR count). The van der Waals surface area contributed by atoms with E-state index in [4.69, 9.17) is 9.15 Å². The lowest BCUT2D eigenvalue weighted by molar-refractivity contribution is -0.116. The maximum atomic E-state index is 13.6. The SMILES string of the molecule is Fc1cccc(N2CCC[C@]3(CN(Cc4ccoc4)CCO3)C2)c1. The zero-order valence-corrected chi connectivity index (χ0v) is 13.8. The molecular weight excluding hydrogens is 307 g/mol. The number of piperidine rings is 1. The second-order valence-electron chi connectivity index (χ2n) is 6.88. The highest BCUT2D eigenvalue weighted by molar-refractivity contribution is 5.47. The third-order valence-electron chi connectivity index (χ3n) is 5.03. The molecule has 3 heterocycles. The van der Waals surface area contributed by atoms with Crippen LogP contribution in [0.1, 0.15) is 18.4 Å². The summed E-state index contributed by atoms with van der Waals surface area (Å²) in [6.07, 6.45) is 5.65. The molecule has 1 spiro atoms. The van der Waals surface area contributed by atoms with Crippen molar-refractivity contribution in [2.24, 2.45) is 0 Å². The molecule has 2 aliphatic heterocycles. The van der Waals surface area contributed by atoms with Crippen LogP contribution in [-0.4, -0.2) is 43.3 Å². The Bertz CT molecular complexity index is 672. The van der Waals surface area contributed by atoms with Gasteiger partial charge in [-0.2, -0.15) is 0 Å². The van der Waals surface area contributed by atoms with Gasteiger partial charge in [-0.25, -0.2) is 4.39 Å². The van der Waals surface area contributed by atoms with Crippen LogP contribution in [0.25, 0.3) is 0 Å². The minimum absolute atomic E-state index is 0.160. The van der Waals surface area contributed by atoms with E-state index in [0.717, 1.165) is 57.9 Å². The van der Waals surface area contributed by atoms with Crippen LogP contribution in [0.15, 0.2) is 47.3 Å². The van der Waals surface area contributed by atoms with E-state index < -0.39 is 0 Å². The van der Waals surface area contributed by atoms with Crippen molar-refractivity contribution in [3.8, 4) is 0 Å². The Morgan fingerprint density at radius 2 is 2.12 bits per heavy atom. The molecule has 2 saturated heterocycles. The van der Waals surface area contributed by atoms with Gasteiger partial charge in [0, 0.05) is 44.0 Å². The number of hydrogen-bond acceptors (Lipinski definition) is 4. The fraction of sp³-hybridized carbons (Fsp3) is 0.474. The molecule has 4 nitrogen and oxygen atoms in total. The molecule has 0 aliphatic carbocycles. The Hall–Kier alpha value is -1.85. The average molecular weight is 330 g/mol. The standard InChI is InChI=1S/C19H23FN2O2/c20-17-3-1-4-18(11-17)22-7-2-6-19(15-22)14-21(8-10-24-19)12-16-5-9-23-13-16/h1,3-5,9,11,13H,2,6-8,10,12,14-15H2/t19-/m0/s1. The lowest BCUT2D eigenvalue weighted by Crippen LogP contribution is -2.59. The van der Waals surface area contributed by atoms with Crippen LogP contribution >= 0.6 is 0 Å². The fourth-order valence-electron chi connectivity index (χ4n) is 3.94. The smallest absolute Gasteiger partial charge is 0.125 e. The Morgan fingerprint density at radius 1 is 1.17 bits per heavy atom. The van der Waals surface area contributed by atoms with Gasteiger partial charge in [0.25, 0.3) is 0 Å². The molecule has 1 atom stereocenters. The first-order valence-corrected chi connectivity index (χ1v) is 8.60. The van der Waals surface area contributed by atoms with Gasteiger partial charge in [-0.05, 0) is 37.1 Å². The maximum Gasteiger partial charge on any atom is 0.125 e. The molecule has 0 radical (unpaired) electrons. The summed E-state index contributed by atoms with van der Waals surface area (Å²) in [4.78, 5) is 4.69. The third-order valence-corrected chi connectivity index (χ3v) is 5.03. The third kappa shape index (κ3) is 3.32. The second kappa shape index (κ2) is 6.57.